The molecule has 0 saturated carbocycles. The number of carbonyl (C=O) groups excluding carboxylic acids is 2. The molecule has 9 nitrogen and oxygen atoms in total. The van der Waals surface area contributed by atoms with Gasteiger partial charge in [-0.3, -0.25) is 19.7 Å². The Bertz CT molecular complexity index is 1650. The van der Waals surface area contributed by atoms with Crippen LogP contribution in [0.4, 0.5) is 10.8 Å². The van der Waals surface area contributed by atoms with Gasteiger partial charge in [0.15, 0.2) is 10.8 Å². The number of thiazole rings is 1. The summed E-state index contributed by atoms with van der Waals surface area (Å²) in [6.45, 7) is 1.64. The first-order valence-electron chi connectivity index (χ1n) is 10.6. The molecule has 5 rings (SSSR count). The van der Waals surface area contributed by atoms with E-state index in [0.29, 0.717) is 32.0 Å². The van der Waals surface area contributed by atoms with E-state index in [9.17, 15) is 19.5 Å². The van der Waals surface area contributed by atoms with Crippen molar-refractivity contribution in [3.8, 4) is 0 Å². The number of nitrogens with one attached hydrogen (secondary N) is 2. The molecule has 0 atom stereocenters. The highest BCUT2D eigenvalue weighted by atomic mass is 32.1. The average Bonchev–Trinajstić information content (AvgIpc) is 3.46. The molecule has 0 unspecified atom stereocenters. The molecule has 0 radical (unpaired) electrons. The summed E-state index contributed by atoms with van der Waals surface area (Å²) < 4.78 is 1.87. The Morgan fingerprint density at radius 1 is 1.00 bits per heavy atom. The molecule has 2 aromatic carbocycles. The number of hydrogen-bond acceptors (Lipinski definition) is 8. The van der Waals surface area contributed by atoms with Gasteiger partial charge < -0.3 is 10.4 Å². The number of aryl methyl sites for hydroxylation is 1. The molecule has 176 valence electrons. The van der Waals surface area contributed by atoms with E-state index in [1.165, 1.54) is 22.7 Å². The summed E-state index contributed by atoms with van der Waals surface area (Å²) >= 11 is 2.71. The third kappa shape index (κ3) is 4.56. The minimum absolute atomic E-state index is 0.0176. The number of nitrogens with zero attached hydrogens (tertiary/aromatic N) is 3. The van der Waals surface area contributed by atoms with Gasteiger partial charge in [-0.05, 0) is 43.3 Å². The third-order valence-electron chi connectivity index (χ3n) is 5.23. The van der Waals surface area contributed by atoms with Crippen LogP contribution in [0.5, 0.6) is 0 Å². The molecular formula is C24H19N5O4S2. The van der Waals surface area contributed by atoms with E-state index in [1.807, 2.05) is 13.0 Å². The lowest BCUT2D eigenvalue weighted by Crippen LogP contribution is -2.28. The van der Waals surface area contributed by atoms with Gasteiger partial charge in [-0.25, -0.2) is 9.67 Å². The third-order valence-corrected chi connectivity index (χ3v) is 7.16. The first-order valence-corrected chi connectivity index (χ1v) is 12.3. The molecule has 5 aromatic rings. The fraction of sp³-hybridized carbons (Fsp3) is 0.125. The van der Waals surface area contributed by atoms with Gasteiger partial charge in [-0.1, -0.05) is 29.5 Å². The van der Waals surface area contributed by atoms with Crippen molar-refractivity contribution in [2.24, 2.45) is 0 Å². The minimum atomic E-state index is -0.488. The number of benzene rings is 2. The van der Waals surface area contributed by atoms with Gasteiger partial charge in [0.1, 0.15) is 0 Å². The highest BCUT2D eigenvalue weighted by molar-refractivity contribution is 7.22. The zero-order valence-electron chi connectivity index (χ0n) is 18.4. The monoisotopic (exact) mass is 505 g/mol. The quantitative estimate of drug-likeness (QED) is 0.322. The van der Waals surface area contributed by atoms with Crippen LogP contribution in [-0.2, 0) is 6.54 Å². The zero-order valence-corrected chi connectivity index (χ0v) is 20.1. The van der Waals surface area contributed by atoms with Gasteiger partial charge in [0, 0.05) is 16.0 Å². The van der Waals surface area contributed by atoms with Crippen molar-refractivity contribution in [1.29, 1.82) is 0 Å². The van der Waals surface area contributed by atoms with Crippen molar-refractivity contribution in [2.75, 3.05) is 17.2 Å². The molecule has 35 heavy (non-hydrogen) atoms. The van der Waals surface area contributed by atoms with Crippen molar-refractivity contribution in [3.05, 3.63) is 80.4 Å². The summed E-state index contributed by atoms with van der Waals surface area (Å²) in [6, 6.07) is 15.6. The maximum atomic E-state index is 13.1. The van der Waals surface area contributed by atoms with Gasteiger partial charge in [-0.2, -0.15) is 5.10 Å². The van der Waals surface area contributed by atoms with Crippen LogP contribution < -0.4 is 16.2 Å². The number of aliphatic hydroxyl groups excluding tert-OH is 1. The topological polar surface area (TPSA) is 126 Å². The fourth-order valence-corrected chi connectivity index (χ4v) is 5.27. The molecule has 2 amide bonds. The van der Waals surface area contributed by atoms with Crippen LogP contribution in [-0.4, -0.2) is 38.3 Å². The predicted molar refractivity (Wildman–Crippen MR) is 138 cm³/mol. The Hall–Kier alpha value is -3.93. The average molecular weight is 506 g/mol. The van der Waals surface area contributed by atoms with E-state index < -0.39 is 5.91 Å². The maximum Gasteiger partial charge on any atom is 0.276 e. The smallest absolute Gasteiger partial charge is 0.276 e. The summed E-state index contributed by atoms with van der Waals surface area (Å²) in [5, 5.41) is 20.3. The van der Waals surface area contributed by atoms with Gasteiger partial charge >= 0.3 is 0 Å². The summed E-state index contributed by atoms with van der Waals surface area (Å²) in [7, 11) is 0. The first kappa shape index (κ1) is 22.8. The number of aliphatic hydroxyl groups is 1. The van der Waals surface area contributed by atoms with E-state index in [1.54, 1.807) is 48.5 Å². The second-order valence-corrected chi connectivity index (χ2v) is 9.98. The fourth-order valence-electron chi connectivity index (χ4n) is 3.61. The molecule has 0 aliphatic heterocycles. The molecule has 0 fully saturated rings. The number of anilines is 2. The number of thiophene rings is 1. The van der Waals surface area contributed by atoms with Gasteiger partial charge in [-0.15, -0.1) is 11.3 Å². The lowest BCUT2D eigenvalue weighted by atomic mass is 10.1. The largest absolute Gasteiger partial charge is 0.394 e. The Kier molecular flexibility index (Phi) is 6.12. The van der Waals surface area contributed by atoms with E-state index in [0.717, 1.165) is 14.3 Å². The lowest BCUT2D eigenvalue weighted by Gasteiger charge is -2.10. The van der Waals surface area contributed by atoms with E-state index in [2.05, 4.69) is 20.7 Å². The van der Waals surface area contributed by atoms with E-state index in [4.69, 9.17) is 0 Å². The number of amides is 2. The van der Waals surface area contributed by atoms with Crippen LogP contribution in [0.1, 0.15) is 25.0 Å². The number of carbonyl (C=O) groups is 2. The van der Waals surface area contributed by atoms with Crippen LogP contribution in [0.15, 0.2) is 59.4 Å². The van der Waals surface area contributed by atoms with Crippen molar-refractivity contribution >= 4 is 66.3 Å². The Labute approximate surface area is 206 Å². The molecule has 0 bridgehead atoms. The van der Waals surface area contributed by atoms with Crippen LogP contribution in [0.2, 0.25) is 0 Å². The van der Waals surface area contributed by atoms with Crippen molar-refractivity contribution in [2.45, 2.75) is 13.5 Å². The second-order valence-electron chi connectivity index (χ2n) is 7.67. The molecule has 0 aliphatic carbocycles. The highest BCUT2D eigenvalue weighted by Gasteiger charge is 2.18. The molecule has 3 heterocycles. The normalized spacial score (nSPS) is 11.1. The van der Waals surface area contributed by atoms with Crippen LogP contribution in [0.3, 0.4) is 0 Å². The molecule has 0 saturated heterocycles. The van der Waals surface area contributed by atoms with Gasteiger partial charge in [0.05, 0.1) is 33.6 Å². The van der Waals surface area contributed by atoms with Crippen molar-refractivity contribution in [3.63, 3.8) is 0 Å². The summed E-state index contributed by atoms with van der Waals surface area (Å²) in [4.78, 5) is 44.3. The number of aromatic nitrogens is 3. The molecule has 0 spiro atoms. The summed E-state index contributed by atoms with van der Waals surface area (Å²) in [5.41, 5.74) is 0.913. The second kappa shape index (κ2) is 9.37. The molecule has 11 heteroatoms. The Morgan fingerprint density at radius 3 is 2.54 bits per heavy atom. The van der Waals surface area contributed by atoms with Crippen LogP contribution in [0, 0.1) is 6.92 Å². The van der Waals surface area contributed by atoms with Crippen molar-refractivity contribution < 1.29 is 14.7 Å². The van der Waals surface area contributed by atoms with E-state index >= 15 is 0 Å². The Balaban J connectivity index is 1.41. The van der Waals surface area contributed by atoms with Gasteiger partial charge in [0.25, 0.3) is 17.4 Å². The summed E-state index contributed by atoms with van der Waals surface area (Å²) in [6.07, 6.45) is 0. The van der Waals surface area contributed by atoms with Crippen molar-refractivity contribution in [1.82, 2.24) is 14.8 Å². The molecule has 0 aliphatic rings. The molecule has 3 aromatic heterocycles. The predicted octanol–water partition coefficient (Wildman–Crippen LogP) is 3.87. The van der Waals surface area contributed by atoms with Crippen LogP contribution in [0.25, 0.3) is 21.0 Å². The zero-order chi connectivity index (χ0) is 24.5. The molecular weight excluding hydrogens is 486 g/mol. The standard InChI is InChI=1S/C24H19N5O4S2/c1-13-6-9-18(34-13)21(31)27-24-26-17-8-7-14(12-19(17)35-24)25-22(32)20-15-4-2-3-5-16(15)23(33)29(28-20)10-11-30/h2-9,12,30H,10-11H2,1H3,(H,25,32)(H,26,27,31). The lowest BCUT2D eigenvalue weighted by molar-refractivity contribution is 0.101. The minimum Gasteiger partial charge on any atom is -0.394 e. The van der Waals surface area contributed by atoms with E-state index in [-0.39, 0.29) is 30.3 Å². The maximum absolute atomic E-state index is 13.1. The summed E-state index contributed by atoms with van der Waals surface area (Å²) in [5.74, 6) is -0.704. The first-order chi connectivity index (χ1) is 16.9. The number of rotatable bonds is 6. The number of hydrogen-bond donors (Lipinski definition) is 3. The highest BCUT2D eigenvalue weighted by Crippen LogP contribution is 2.29. The van der Waals surface area contributed by atoms with Gasteiger partial charge in [0.2, 0.25) is 0 Å². The van der Waals surface area contributed by atoms with Crippen LogP contribution >= 0.6 is 22.7 Å². The number of fused-ring (bicyclic) bond motifs is 2. The Morgan fingerprint density at radius 2 is 1.80 bits per heavy atom. The SMILES string of the molecule is Cc1ccc(C(=O)Nc2nc3ccc(NC(=O)c4nn(CCO)c(=O)c5ccccc45)cc3s2)s1. The molecule has 3 N–H and O–H groups in total.